The molecule has 138 valence electrons. The van der Waals surface area contributed by atoms with Crippen LogP contribution in [-0.2, 0) is 17.9 Å². The molecule has 3 aromatic rings. The van der Waals surface area contributed by atoms with Gasteiger partial charge in [-0.1, -0.05) is 48.0 Å². The molecule has 2 aromatic carbocycles. The van der Waals surface area contributed by atoms with Gasteiger partial charge < -0.3 is 4.57 Å². The number of nitriles is 1. The zero-order chi connectivity index (χ0) is 19.7. The molecule has 1 aromatic heterocycles. The minimum Gasteiger partial charge on any atom is -0.333 e. The predicted octanol–water partition coefficient (Wildman–Crippen LogP) is 4.71. The fraction of sp³-hybridized carbons (Fsp3) is 0.136. The van der Waals surface area contributed by atoms with Crippen molar-refractivity contribution in [2.45, 2.75) is 20.0 Å². The van der Waals surface area contributed by atoms with Crippen LogP contribution in [0.15, 0.2) is 59.6 Å². The van der Waals surface area contributed by atoms with Crippen LogP contribution in [0.5, 0.6) is 0 Å². The fourth-order valence-electron chi connectivity index (χ4n) is 3.25. The lowest BCUT2D eigenvalue weighted by Gasteiger charge is -2.12. The van der Waals surface area contributed by atoms with Crippen molar-refractivity contribution in [1.82, 2.24) is 9.47 Å². The zero-order valence-corrected chi connectivity index (χ0v) is 16.1. The minimum absolute atomic E-state index is 0.225. The van der Waals surface area contributed by atoms with Crippen molar-refractivity contribution in [3.05, 3.63) is 76.3 Å². The molecule has 0 N–H and O–H groups in total. The van der Waals surface area contributed by atoms with Gasteiger partial charge in [0.25, 0.3) is 11.1 Å². The maximum atomic E-state index is 12.8. The number of hydrogen-bond acceptors (Lipinski definition) is 4. The molecule has 4 rings (SSSR count). The van der Waals surface area contributed by atoms with Crippen LogP contribution in [0.4, 0.5) is 4.79 Å². The molecule has 0 atom stereocenters. The number of nitrogens with zero attached hydrogens (tertiary/aromatic N) is 3. The van der Waals surface area contributed by atoms with Gasteiger partial charge in [0.1, 0.15) is 6.54 Å². The van der Waals surface area contributed by atoms with Gasteiger partial charge in [0.2, 0.25) is 0 Å². The summed E-state index contributed by atoms with van der Waals surface area (Å²) in [5.74, 6) is -0.285. The van der Waals surface area contributed by atoms with Gasteiger partial charge in [-0.25, -0.2) is 0 Å². The third-order valence-electron chi connectivity index (χ3n) is 4.68. The van der Waals surface area contributed by atoms with E-state index in [1.165, 1.54) is 4.90 Å². The molecule has 0 saturated carbocycles. The highest BCUT2D eigenvalue weighted by Gasteiger charge is 2.35. The minimum atomic E-state index is -0.285. The average molecular weight is 387 g/mol. The number of carbonyl (C=O) groups excluding carboxylic acids is 2. The third-order valence-corrected chi connectivity index (χ3v) is 5.59. The van der Waals surface area contributed by atoms with Crippen molar-refractivity contribution < 1.29 is 9.59 Å². The Labute approximate surface area is 166 Å². The molecule has 2 heterocycles. The first kappa shape index (κ1) is 18.1. The van der Waals surface area contributed by atoms with E-state index in [1.807, 2.05) is 66.2 Å². The Morgan fingerprint density at radius 2 is 1.86 bits per heavy atom. The van der Waals surface area contributed by atoms with Crippen LogP contribution in [0, 0.1) is 18.3 Å². The molecular weight excluding hydrogens is 370 g/mol. The van der Waals surface area contributed by atoms with E-state index in [0.29, 0.717) is 4.91 Å². The average Bonchev–Trinajstić information content (AvgIpc) is 3.17. The van der Waals surface area contributed by atoms with Gasteiger partial charge in [-0.15, -0.1) is 0 Å². The molecule has 1 aliphatic heterocycles. The molecule has 1 fully saturated rings. The summed E-state index contributed by atoms with van der Waals surface area (Å²) in [4.78, 5) is 26.9. The second kappa shape index (κ2) is 7.37. The van der Waals surface area contributed by atoms with Crippen LogP contribution in [0.25, 0.3) is 17.0 Å². The van der Waals surface area contributed by atoms with E-state index in [4.69, 9.17) is 5.26 Å². The van der Waals surface area contributed by atoms with Crippen molar-refractivity contribution in [2.75, 3.05) is 0 Å². The SMILES string of the molecule is Cc1ccc(CN2C(=O)S/C(=C\c3cn(CC#N)c4ccccc34)C2=O)cc1. The highest BCUT2D eigenvalue weighted by atomic mass is 32.2. The summed E-state index contributed by atoms with van der Waals surface area (Å²) >= 11 is 0.954. The topological polar surface area (TPSA) is 66.1 Å². The molecule has 1 saturated heterocycles. The van der Waals surface area contributed by atoms with Crippen molar-refractivity contribution in [3.63, 3.8) is 0 Å². The monoisotopic (exact) mass is 387 g/mol. The number of fused-ring (bicyclic) bond motifs is 1. The van der Waals surface area contributed by atoms with Crippen LogP contribution in [0.1, 0.15) is 16.7 Å². The number of imide groups is 1. The molecule has 0 spiro atoms. The molecule has 0 radical (unpaired) electrons. The van der Waals surface area contributed by atoms with Gasteiger partial charge in [0.05, 0.1) is 17.5 Å². The Kier molecular flexibility index (Phi) is 4.76. The number of benzene rings is 2. The first-order valence-electron chi connectivity index (χ1n) is 8.82. The van der Waals surface area contributed by atoms with E-state index >= 15 is 0 Å². The van der Waals surface area contributed by atoms with Crippen molar-refractivity contribution in [1.29, 1.82) is 5.26 Å². The van der Waals surface area contributed by atoms with Crippen molar-refractivity contribution >= 4 is 39.9 Å². The second-order valence-electron chi connectivity index (χ2n) is 6.64. The third kappa shape index (κ3) is 3.32. The lowest BCUT2D eigenvalue weighted by Crippen LogP contribution is -2.27. The Morgan fingerprint density at radius 1 is 1.11 bits per heavy atom. The van der Waals surface area contributed by atoms with E-state index in [9.17, 15) is 9.59 Å². The van der Waals surface area contributed by atoms with Gasteiger partial charge in [-0.3, -0.25) is 14.5 Å². The summed E-state index contributed by atoms with van der Waals surface area (Å²) < 4.78 is 1.84. The largest absolute Gasteiger partial charge is 0.333 e. The van der Waals surface area contributed by atoms with Crippen LogP contribution >= 0.6 is 11.8 Å². The Bertz CT molecular complexity index is 1150. The van der Waals surface area contributed by atoms with Crippen molar-refractivity contribution in [3.8, 4) is 6.07 Å². The number of carbonyl (C=O) groups is 2. The van der Waals surface area contributed by atoms with Crippen LogP contribution < -0.4 is 0 Å². The Balaban J connectivity index is 1.65. The Morgan fingerprint density at radius 3 is 2.61 bits per heavy atom. The standard InChI is InChI=1S/C22H17N3O2S/c1-15-6-8-16(9-7-15)13-25-21(26)20(28-22(25)27)12-17-14-24(11-10-23)19-5-3-2-4-18(17)19/h2-9,12,14H,11,13H2,1H3/b20-12-. The van der Waals surface area contributed by atoms with E-state index < -0.39 is 0 Å². The van der Waals surface area contributed by atoms with E-state index in [2.05, 4.69) is 6.07 Å². The van der Waals surface area contributed by atoms with Crippen LogP contribution in [-0.4, -0.2) is 20.6 Å². The molecule has 28 heavy (non-hydrogen) atoms. The first-order valence-corrected chi connectivity index (χ1v) is 9.64. The molecule has 0 aliphatic carbocycles. The number of amides is 2. The molecule has 6 heteroatoms. The second-order valence-corrected chi connectivity index (χ2v) is 7.63. The highest BCUT2D eigenvalue weighted by molar-refractivity contribution is 8.18. The van der Waals surface area contributed by atoms with Gasteiger partial charge in [0, 0.05) is 22.7 Å². The number of thioether (sulfide) groups is 1. The molecule has 5 nitrogen and oxygen atoms in total. The lowest BCUT2D eigenvalue weighted by molar-refractivity contribution is -0.123. The molecular formula is C22H17N3O2S. The first-order chi connectivity index (χ1) is 13.6. The Hall–Kier alpha value is -3.30. The molecule has 1 aliphatic rings. The number of para-hydroxylation sites is 1. The van der Waals surface area contributed by atoms with Gasteiger partial charge >= 0.3 is 0 Å². The molecule has 0 unspecified atom stereocenters. The summed E-state index contributed by atoms with van der Waals surface area (Å²) in [5.41, 5.74) is 3.80. The predicted molar refractivity (Wildman–Crippen MR) is 110 cm³/mol. The number of hydrogen-bond donors (Lipinski definition) is 0. The van der Waals surface area contributed by atoms with Gasteiger partial charge in [0.15, 0.2) is 0 Å². The van der Waals surface area contributed by atoms with E-state index in [-0.39, 0.29) is 24.2 Å². The summed E-state index contributed by atoms with van der Waals surface area (Å²) in [6.45, 7) is 2.48. The fourth-order valence-corrected chi connectivity index (χ4v) is 4.08. The smallest absolute Gasteiger partial charge is 0.293 e. The quantitative estimate of drug-likeness (QED) is 0.608. The summed E-state index contributed by atoms with van der Waals surface area (Å²) in [7, 11) is 0. The zero-order valence-electron chi connectivity index (χ0n) is 15.3. The summed E-state index contributed by atoms with van der Waals surface area (Å²) in [6, 6.07) is 17.7. The lowest BCUT2D eigenvalue weighted by atomic mass is 10.1. The summed E-state index contributed by atoms with van der Waals surface area (Å²) in [6.07, 6.45) is 3.60. The maximum Gasteiger partial charge on any atom is 0.293 e. The van der Waals surface area contributed by atoms with Crippen LogP contribution in [0.2, 0.25) is 0 Å². The number of aryl methyl sites for hydroxylation is 1. The van der Waals surface area contributed by atoms with E-state index in [1.54, 1.807) is 6.08 Å². The number of aromatic nitrogens is 1. The molecule has 2 amide bonds. The van der Waals surface area contributed by atoms with Crippen molar-refractivity contribution in [2.24, 2.45) is 0 Å². The maximum absolute atomic E-state index is 12.8. The van der Waals surface area contributed by atoms with Gasteiger partial charge in [-0.05, 0) is 36.4 Å². The summed E-state index contributed by atoms with van der Waals surface area (Å²) in [5, 5.41) is 9.73. The number of rotatable bonds is 4. The normalized spacial score (nSPS) is 15.6. The van der Waals surface area contributed by atoms with E-state index in [0.717, 1.165) is 39.4 Å². The molecule has 0 bridgehead atoms. The van der Waals surface area contributed by atoms with Crippen LogP contribution in [0.3, 0.4) is 0 Å². The van der Waals surface area contributed by atoms with Gasteiger partial charge in [-0.2, -0.15) is 5.26 Å². The highest BCUT2D eigenvalue weighted by Crippen LogP contribution is 2.35.